The molecule has 0 bridgehead atoms. The first-order valence-electron chi connectivity index (χ1n) is 22.5. The fourth-order valence-electron chi connectivity index (χ4n) is 9.92. The van der Waals surface area contributed by atoms with Crippen molar-refractivity contribution in [2.75, 3.05) is 61.5 Å². The molecule has 1 aliphatic carbocycles. The Kier molecular flexibility index (Phi) is 12.4. The monoisotopic (exact) mass is 912 g/mol. The molecule has 1 saturated carbocycles. The lowest BCUT2D eigenvalue weighted by Crippen LogP contribution is -2.60. The van der Waals surface area contributed by atoms with E-state index in [4.69, 9.17) is 26.1 Å². The summed E-state index contributed by atoms with van der Waals surface area (Å²) in [6.07, 6.45) is 5.84. The quantitative estimate of drug-likeness (QED) is 0.169. The van der Waals surface area contributed by atoms with Gasteiger partial charge in [0.15, 0.2) is 24.0 Å². The first-order chi connectivity index (χ1) is 31.3. The molecular formula is C46H54ClFN10O7. The van der Waals surface area contributed by atoms with Gasteiger partial charge in [0.2, 0.25) is 17.8 Å². The van der Waals surface area contributed by atoms with Crippen LogP contribution in [0.4, 0.5) is 27.5 Å². The largest absolute Gasteiger partial charge is 0.478 e. The van der Waals surface area contributed by atoms with E-state index in [9.17, 15) is 24.0 Å². The Morgan fingerprint density at radius 2 is 1.78 bits per heavy atom. The van der Waals surface area contributed by atoms with Gasteiger partial charge in [-0.05, 0) is 89.3 Å². The van der Waals surface area contributed by atoms with Crippen molar-refractivity contribution in [3.05, 3.63) is 74.9 Å². The number of rotatable bonds is 12. The summed E-state index contributed by atoms with van der Waals surface area (Å²) in [5.41, 5.74) is 2.16. The molecule has 0 radical (unpaired) electrons. The Labute approximate surface area is 380 Å². The Hall–Kier alpha value is -5.85. The number of ether oxygens (including phenoxy) is 2. The van der Waals surface area contributed by atoms with Crippen LogP contribution in [-0.2, 0) is 25.7 Å². The molecule has 1 unspecified atom stereocenters. The highest BCUT2D eigenvalue weighted by Gasteiger charge is 2.43. The predicted octanol–water partition coefficient (Wildman–Crippen LogP) is 4.52. The third-order valence-corrected chi connectivity index (χ3v) is 13.7. The van der Waals surface area contributed by atoms with Crippen LogP contribution >= 0.6 is 11.6 Å². The Balaban J connectivity index is 0.757. The van der Waals surface area contributed by atoms with Gasteiger partial charge in [0.25, 0.3) is 17.4 Å². The topological polar surface area (TPSA) is 184 Å². The number of likely N-dealkylation sites (N-methyl/N-ethyl adjacent to an activating group) is 1. The van der Waals surface area contributed by atoms with Crippen LogP contribution in [0.25, 0.3) is 10.9 Å². The molecule has 4 aromatic rings. The highest BCUT2D eigenvalue weighted by Crippen LogP contribution is 2.38. The van der Waals surface area contributed by atoms with Gasteiger partial charge in [-0.2, -0.15) is 4.98 Å². The zero-order valence-corrected chi connectivity index (χ0v) is 37.7. The number of nitrogens with one attached hydrogen (secondary N) is 3. The van der Waals surface area contributed by atoms with E-state index in [0.29, 0.717) is 52.9 Å². The first-order valence-corrected chi connectivity index (χ1v) is 22.8. The molecular weight excluding hydrogens is 859 g/mol. The Morgan fingerprint density at radius 1 is 1.00 bits per heavy atom. The van der Waals surface area contributed by atoms with Crippen molar-refractivity contribution in [2.45, 2.75) is 102 Å². The number of hydrogen-bond acceptors (Lipinski definition) is 13. The number of nitrogens with zero attached hydrogens (tertiary/aromatic N) is 7. The predicted molar refractivity (Wildman–Crippen MR) is 242 cm³/mol. The number of halogens is 2. The minimum Gasteiger partial charge on any atom is -0.478 e. The molecule has 4 aliphatic heterocycles. The summed E-state index contributed by atoms with van der Waals surface area (Å²) in [7, 11) is 1.51. The van der Waals surface area contributed by atoms with E-state index in [2.05, 4.69) is 42.6 Å². The number of carbonyl (C=O) groups excluding carboxylic acids is 4. The lowest BCUT2D eigenvalue weighted by molar-refractivity contribution is -0.137. The van der Waals surface area contributed by atoms with Gasteiger partial charge in [-0.15, -0.1) is 0 Å². The van der Waals surface area contributed by atoms with Crippen LogP contribution in [0, 0.1) is 5.82 Å². The number of imide groups is 1. The molecule has 4 amide bonds. The van der Waals surface area contributed by atoms with Gasteiger partial charge >= 0.3 is 0 Å². The molecule has 0 spiro atoms. The molecule has 2 atom stereocenters. The van der Waals surface area contributed by atoms with Crippen molar-refractivity contribution in [1.82, 2.24) is 35.0 Å². The number of pyridine rings is 1. The molecule has 17 nitrogen and oxygen atoms in total. The molecule has 9 rings (SSSR count). The van der Waals surface area contributed by atoms with Crippen molar-refractivity contribution in [3.63, 3.8) is 0 Å². The summed E-state index contributed by atoms with van der Waals surface area (Å²) in [5, 5.41) is 9.22. The van der Waals surface area contributed by atoms with Gasteiger partial charge in [0.1, 0.15) is 11.1 Å². The molecule has 19 heteroatoms. The van der Waals surface area contributed by atoms with Crippen molar-refractivity contribution < 1.29 is 33.0 Å². The average molecular weight is 913 g/mol. The molecule has 344 valence electrons. The molecule has 3 saturated heterocycles. The summed E-state index contributed by atoms with van der Waals surface area (Å²) >= 11 is 6.60. The number of amides is 4. The number of benzene rings is 2. The van der Waals surface area contributed by atoms with E-state index < -0.39 is 17.8 Å². The van der Waals surface area contributed by atoms with E-state index in [1.807, 2.05) is 32.0 Å². The van der Waals surface area contributed by atoms with Gasteiger partial charge in [-0.3, -0.25) is 34.2 Å². The van der Waals surface area contributed by atoms with E-state index in [-0.39, 0.29) is 84.9 Å². The van der Waals surface area contributed by atoms with Crippen molar-refractivity contribution in [1.29, 1.82) is 0 Å². The highest BCUT2D eigenvalue weighted by atomic mass is 35.5. The maximum Gasteiger partial charge on any atom is 0.293 e. The molecule has 2 aromatic heterocycles. The van der Waals surface area contributed by atoms with Crippen molar-refractivity contribution in [2.24, 2.45) is 0 Å². The fraction of sp³-hybridized carbons (Fsp3) is 0.500. The molecule has 65 heavy (non-hydrogen) atoms. The number of aromatic nitrogens is 3. The van der Waals surface area contributed by atoms with Gasteiger partial charge in [0.05, 0.1) is 36.2 Å². The molecule has 6 heterocycles. The van der Waals surface area contributed by atoms with Crippen LogP contribution in [-0.4, -0.2) is 125 Å². The Morgan fingerprint density at radius 3 is 2.51 bits per heavy atom. The molecule has 4 fully saturated rings. The normalized spacial score (nSPS) is 22.9. The maximum absolute atomic E-state index is 16.1. The minimum absolute atomic E-state index is 0.00687. The summed E-state index contributed by atoms with van der Waals surface area (Å²) < 4.78 is 30.0. The smallest absolute Gasteiger partial charge is 0.293 e. The lowest BCUT2D eigenvalue weighted by Gasteiger charge is -2.50. The number of fused-ring (bicyclic) bond motifs is 2. The summed E-state index contributed by atoms with van der Waals surface area (Å²) in [5.74, 6) is -0.913. The van der Waals surface area contributed by atoms with Crippen LogP contribution in [0.1, 0.15) is 81.3 Å². The maximum atomic E-state index is 16.1. The van der Waals surface area contributed by atoms with Crippen LogP contribution in [0.3, 0.4) is 0 Å². The van der Waals surface area contributed by atoms with Crippen LogP contribution in [0.5, 0.6) is 5.75 Å². The highest BCUT2D eigenvalue weighted by molar-refractivity contribution is 6.33. The zero-order chi connectivity index (χ0) is 45.7. The van der Waals surface area contributed by atoms with E-state index in [1.54, 1.807) is 29.0 Å². The van der Waals surface area contributed by atoms with Gasteiger partial charge < -0.3 is 39.4 Å². The van der Waals surface area contributed by atoms with E-state index in [0.717, 1.165) is 56.2 Å². The minimum atomic E-state index is -0.787. The third-order valence-electron chi connectivity index (χ3n) is 13.4. The number of piperazine rings is 1. The Bertz CT molecular complexity index is 2600. The zero-order valence-electron chi connectivity index (χ0n) is 36.9. The number of piperidine rings is 2. The average Bonchev–Trinajstić information content (AvgIpc) is 3.61. The van der Waals surface area contributed by atoms with Crippen molar-refractivity contribution in [3.8, 4) is 5.75 Å². The number of anilines is 4. The van der Waals surface area contributed by atoms with Gasteiger partial charge in [-0.1, -0.05) is 11.6 Å². The van der Waals surface area contributed by atoms with Crippen LogP contribution in [0.2, 0.25) is 5.02 Å². The SMILES string of the molecule is CNC(=O)COc1cc2cc(Nc3nc(N4CCC(OC5CC(N6CCN(c7ccc8c(c7F)CN(C7CCC(=O)NC7=O)C8=O)C[C@H]6C)C5)CC4)ncc3Cl)ccc2n(C(C)C)c1=O. The molecule has 3 N–H and O–H groups in total. The second kappa shape index (κ2) is 18.2. The molecule has 2 aromatic carbocycles. The van der Waals surface area contributed by atoms with Crippen LogP contribution in [0.15, 0.2) is 47.4 Å². The number of carbonyl (C=O) groups is 4. The van der Waals surface area contributed by atoms with E-state index >= 15 is 4.39 Å². The second-order valence-corrected chi connectivity index (χ2v) is 18.3. The van der Waals surface area contributed by atoms with Crippen LogP contribution < -0.4 is 36.0 Å². The van der Waals surface area contributed by atoms with Gasteiger partial charge in [0, 0.05) is 86.5 Å². The first kappa shape index (κ1) is 44.4. The third kappa shape index (κ3) is 8.82. The van der Waals surface area contributed by atoms with Gasteiger partial charge in [-0.25, -0.2) is 9.37 Å². The van der Waals surface area contributed by atoms with E-state index in [1.165, 1.54) is 11.9 Å². The summed E-state index contributed by atoms with van der Waals surface area (Å²) in [4.78, 5) is 79.9. The summed E-state index contributed by atoms with van der Waals surface area (Å²) in [6, 6.07) is 10.2. The number of hydrogen-bond donors (Lipinski definition) is 3. The second-order valence-electron chi connectivity index (χ2n) is 17.9. The molecule has 5 aliphatic rings. The standard InChI is InChI=1S/C46H54ClFN10O7/c1-25(2)58-35-7-5-28(17-27(35)18-38(45(58)63)64-24-40(60)49-4)51-42-34(47)21-50-46(53-42)54-13-11-30(12-14-54)65-31-19-29(20-31)56-16-15-55(22-26(56)3)36-8-6-32-33(41(36)48)23-57(44(32)62)37-9-10-39(59)52-43(37)61/h5-8,17-18,21,25-26,29-31,37H,9-16,19-20,22-24H2,1-4H3,(H,49,60)(H,50,51,53)(H,52,59,61)/t26-,29?,31?,37?/m1/s1. The summed E-state index contributed by atoms with van der Waals surface area (Å²) in [6.45, 7) is 9.27. The lowest BCUT2D eigenvalue weighted by atomic mass is 9.86. The van der Waals surface area contributed by atoms with Crippen molar-refractivity contribution >= 4 is 69.3 Å². The fourth-order valence-corrected chi connectivity index (χ4v) is 10.1.